The zero-order valence-electron chi connectivity index (χ0n) is 8.67. The van der Waals surface area contributed by atoms with E-state index in [0.717, 1.165) is 6.07 Å². The Bertz CT molecular complexity index is 376. The Morgan fingerprint density at radius 2 is 1.87 bits per heavy atom. The summed E-state index contributed by atoms with van der Waals surface area (Å²) in [6.45, 7) is 0. The third-order valence-corrected chi connectivity index (χ3v) is 1.86. The molecule has 0 aliphatic heterocycles. The molecule has 1 aromatic rings. The lowest BCUT2D eigenvalue weighted by Gasteiger charge is -2.09. The second-order valence-corrected chi connectivity index (χ2v) is 2.68. The van der Waals surface area contributed by atoms with E-state index in [2.05, 4.69) is 4.74 Å². The molecule has 0 saturated carbocycles. The normalized spacial score (nSPS) is 9.60. The predicted molar refractivity (Wildman–Crippen MR) is 50.8 cm³/mol. The fraction of sp³-hybridized carbons (Fsp3) is 0.300. The maximum absolute atomic E-state index is 13.4. The fourth-order valence-corrected chi connectivity index (χ4v) is 1.16. The molecular weight excluding hydrogens is 203 g/mol. The molecule has 0 aliphatic carbocycles. The third-order valence-electron chi connectivity index (χ3n) is 1.86. The van der Waals surface area contributed by atoms with Crippen LogP contribution in [0.2, 0.25) is 0 Å². The lowest BCUT2D eigenvalue weighted by Crippen LogP contribution is -2.06. The Labute approximate surface area is 86.6 Å². The Kier molecular flexibility index (Phi) is 3.49. The van der Waals surface area contributed by atoms with Crippen molar-refractivity contribution < 1.29 is 23.4 Å². The number of benzene rings is 1. The van der Waals surface area contributed by atoms with Gasteiger partial charge in [0.1, 0.15) is 11.3 Å². The highest BCUT2D eigenvalue weighted by Crippen LogP contribution is 2.28. The molecule has 0 N–H and O–H groups in total. The van der Waals surface area contributed by atoms with Crippen LogP contribution in [0.15, 0.2) is 12.1 Å². The zero-order valence-corrected chi connectivity index (χ0v) is 8.67. The van der Waals surface area contributed by atoms with Crippen LogP contribution >= 0.6 is 0 Å². The molecule has 0 heterocycles. The number of ether oxygens (including phenoxy) is 3. The Hall–Kier alpha value is -1.78. The molecule has 0 fully saturated rings. The largest absolute Gasteiger partial charge is 0.497 e. The minimum absolute atomic E-state index is 0.00292. The van der Waals surface area contributed by atoms with E-state index in [4.69, 9.17) is 9.47 Å². The first-order valence-electron chi connectivity index (χ1n) is 4.13. The van der Waals surface area contributed by atoms with E-state index in [-0.39, 0.29) is 17.1 Å². The first-order chi connectivity index (χ1) is 7.13. The number of carbonyl (C=O) groups excluding carboxylic acids is 1. The van der Waals surface area contributed by atoms with E-state index in [0.29, 0.717) is 0 Å². The molecule has 0 spiro atoms. The van der Waals surface area contributed by atoms with Crippen LogP contribution in [-0.4, -0.2) is 27.3 Å². The average molecular weight is 214 g/mol. The van der Waals surface area contributed by atoms with E-state index >= 15 is 0 Å². The van der Waals surface area contributed by atoms with E-state index in [9.17, 15) is 9.18 Å². The second kappa shape index (κ2) is 4.63. The quantitative estimate of drug-likeness (QED) is 0.717. The van der Waals surface area contributed by atoms with Crippen molar-refractivity contribution in [2.45, 2.75) is 0 Å². The molecule has 82 valence electrons. The molecule has 4 nitrogen and oxygen atoms in total. The van der Waals surface area contributed by atoms with Gasteiger partial charge in [-0.3, -0.25) is 0 Å². The fourth-order valence-electron chi connectivity index (χ4n) is 1.16. The number of methoxy groups -OCH3 is 3. The number of esters is 1. The van der Waals surface area contributed by atoms with E-state index in [1.54, 1.807) is 0 Å². The van der Waals surface area contributed by atoms with Crippen molar-refractivity contribution in [3.8, 4) is 11.5 Å². The highest BCUT2D eigenvalue weighted by Gasteiger charge is 2.18. The van der Waals surface area contributed by atoms with Gasteiger partial charge in [0.05, 0.1) is 21.3 Å². The summed E-state index contributed by atoms with van der Waals surface area (Å²) < 4.78 is 27.5. The van der Waals surface area contributed by atoms with Crippen LogP contribution in [0.1, 0.15) is 10.4 Å². The van der Waals surface area contributed by atoms with E-state index in [1.165, 1.54) is 27.4 Å². The average Bonchev–Trinajstić information content (AvgIpc) is 2.26. The van der Waals surface area contributed by atoms with Crippen molar-refractivity contribution in [2.75, 3.05) is 21.3 Å². The first kappa shape index (κ1) is 11.3. The van der Waals surface area contributed by atoms with Gasteiger partial charge in [0.2, 0.25) is 0 Å². The predicted octanol–water partition coefficient (Wildman–Crippen LogP) is 1.63. The van der Waals surface area contributed by atoms with Crippen LogP contribution in [0.4, 0.5) is 4.39 Å². The van der Waals surface area contributed by atoms with Gasteiger partial charge in [0, 0.05) is 6.07 Å². The van der Waals surface area contributed by atoms with Crippen molar-refractivity contribution in [2.24, 2.45) is 0 Å². The van der Waals surface area contributed by atoms with Gasteiger partial charge in [-0.15, -0.1) is 0 Å². The second-order valence-electron chi connectivity index (χ2n) is 2.68. The zero-order chi connectivity index (χ0) is 11.4. The van der Waals surface area contributed by atoms with Crippen LogP contribution in [0, 0.1) is 5.82 Å². The molecule has 0 unspecified atom stereocenters. The summed E-state index contributed by atoms with van der Waals surface area (Å²) in [5.41, 5.74) is -0.00292. The third kappa shape index (κ3) is 2.18. The minimum atomic E-state index is -0.676. The molecule has 1 rings (SSSR count). The summed E-state index contributed by atoms with van der Waals surface area (Å²) in [6, 6.07) is 2.49. The van der Waals surface area contributed by atoms with Crippen molar-refractivity contribution >= 4 is 5.97 Å². The van der Waals surface area contributed by atoms with Crippen LogP contribution < -0.4 is 9.47 Å². The molecule has 0 saturated heterocycles. The molecule has 0 aromatic heterocycles. The molecule has 15 heavy (non-hydrogen) atoms. The van der Waals surface area contributed by atoms with Gasteiger partial charge >= 0.3 is 5.97 Å². The Balaban J connectivity index is 3.32. The summed E-state index contributed by atoms with van der Waals surface area (Å²) in [4.78, 5) is 11.3. The Morgan fingerprint density at radius 3 is 2.33 bits per heavy atom. The monoisotopic (exact) mass is 214 g/mol. The number of hydrogen-bond donors (Lipinski definition) is 0. The van der Waals surface area contributed by atoms with Crippen molar-refractivity contribution in [3.63, 3.8) is 0 Å². The topological polar surface area (TPSA) is 44.8 Å². The van der Waals surface area contributed by atoms with Crippen molar-refractivity contribution in [1.29, 1.82) is 0 Å². The van der Waals surface area contributed by atoms with Crippen LogP contribution in [0.3, 0.4) is 0 Å². The van der Waals surface area contributed by atoms with Gasteiger partial charge in [0.15, 0.2) is 11.6 Å². The van der Waals surface area contributed by atoms with E-state index < -0.39 is 11.8 Å². The lowest BCUT2D eigenvalue weighted by molar-refractivity contribution is 0.0595. The van der Waals surface area contributed by atoms with Crippen LogP contribution in [0.5, 0.6) is 11.5 Å². The number of hydrogen-bond acceptors (Lipinski definition) is 4. The SMILES string of the molecule is COC(=O)c1cc(OC)cc(F)c1OC. The summed E-state index contributed by atoms with van der Waals surface area (Å²) in [7, 11) is 3.86. The Morgan fingerprint density at radius 1 is 1.20 bits per heavy atom. The van der Waals surface area contributed by atoms with E-state index in [1.807, 2.05) is 0 Å². The highest BCUT2D eigenvalue weighted by atomic mass is 19.1. The van der Waals surface area contributed by atoms with Gasteiger partial charge in [-0.1, -0.05) is 0 Å². The number of halogens is 1. The highest BCUT2D eigenvalue weighted by molar-refractivity contribution is 5.93. The number of carbonyl (C=O) groups is 1. The van der Waals surface area contributed by atoms with Gasteiger partial charge in [-0.25, -0.2) is 9.18 Å². The number of rotatable bonds is 3. The molecule has 0 atom stereocenters. The van der Waals surface area contributed by atoms with Gasteiger partial charge < -0.3 is 14.2 Å². The van der Waals surface area contributed by atoms with Gasteiger partial charge in [0.25, 0.3) is 0 Å². The molecule has 1 aromatic carbocycles. The van der Waals surface area contributed by atoms with Crippen molar-refractivity contribution in [3.05, 3.63) is 23.5 Å². The summed E-state index contributed by atoms with van der Waals surface area (Å²) >= 11 is 0. The minimum Gasteiger partial charge on any atom is -0.497 e. The van der Waals surface area contributed by atoms with Crippen LogP contribution in [0.25, 0.3) is 0 Å². The molecule has 0 amide bonds. The molecule has 5 heteroatoms. The summed E-state index contributed by atoms with van der Waals surface area (Å²) in [5, 5.41) is 0. The standard InChI is InChI=1S/C10H11FO4/c1-13-6-4-7(10(12)15-3)9(14-2)8(11)5-6/h4-5H,1-3H3. The maximum atomic E-state index is 13.4. The van der Waals surface area contributed by atoms with Gasteiger partial charge in [-0.2, -0.15) is 0 Å². The maximum Gasteiger partial charge on any atom is 0.341 e. The molecular formula is C10H11FO4. The first-order valence-corrected chi connectivity index (χ1v) is 4.13. The summed E-state index contributed by atoms with van der Waals surface area (Å²) in [6.07, 6.45) is 0. The van der Waals surface area contributed by atoms with Crippen molar-refractivity contribution in [1.82, 2.24) is 0 Å². The van der Waals surface area contributed by atoms with Gasteiger partial charge in [-0.05, 0) is 6.07 Å². The van der Waals surface area contributed by atoms with Crippen LogP contribution in [-0.2, 0) is 4.74 Å². The molecule has 0 aliphatic rings. The lowest BCUT2D eigenvalue weighted by atomic mass is 10.2. The molecule has 0 radical (unpaired) electrons. The smallest absolute Gasteiger partial charge is 0.341 e. The molecule has 0 bridgehead atoms. The summed E-state index contributed by atoms with van der Waals surface area (Å²) in [5.74, 6) is -1.27.